The van der Waals surface area contributed by atoms with Crippen LogP contribution >= 0.6 is 0 Å². The average Bonchev–Trinajstić information content (AvgIpc) is 2.19. The first-order chi connectivity index (χ1) is 6.70. The van der Waals surface area contributed by atoms with Gasteiger partial charge in [0, 0.05) is 5.56 Å². The number of quaternary nitrogens is 2. The maximum Gasteiger partial charge on any atom is 0.174 e. The van der Waals surface area contributed by atoms with Crippen LogP contribution < -0.4 is 16.2 Å². The van der Waals surface area contributed by atoms with Gasteiger partial charge in [-0.1, -0.05) is 30.3 Å². The van der Waals surface area contributed by atoms with Crippen LogP contribution in [0.5, 0.6) is 0 Å². The summed E-state index contributed by atoms with van der Waals surface area (Å²) in [7, 11) is 0. The number of carboxylic acid groups (broad SMARTS) is 1. The van der Waals surface area contributed by atoms with Crippen molar-refractivity contribution in [1.82, 2.24) is 0 Å². The highest BCUT2D eigenvalue weighted by Gasteiger charge is 2.08. The molecular formula is C10H15N2O2+. The molecule has 0 spiro atoms. The van der Waals surface area contributed by atoms with Gasteiger partial charge in [0.05, 0.1) is 0 Å². The maximum absolute atomic E-state index is 10.3. The Labute approximate surface area is 82.7 Å². The van der Waals surface area contributed by atoms with Gasteiger partial charge in [-0.3, -0.25) is 0 Å². The number of rotatable bonds is 5. The SMILES string of the molecule is [NH3+][C@@H](C[NH2+]Cc1ccccc1)C(=O)[O-]. The van der Waals surface area contributed by atoms with Gasteiger partial charge < -0.3 is 21.0 Å². The van der Waals surface area contributed by atoms with E-state index in [0.29, 0.717) is 6.54 Å². The van der Waals surface area contributed by atoms with Gasteiger partial charge in [0.1, 0.15) is 19.1 Å². The van der Waals surface area contributed by atoms with Crippen molar-refractivity contribution >= 4 is 5.97 Å². The molecule has 0 unspecified atom stereocenters. The van der Waals surface area contributed by atoms with E-state index in [2.05, 4.69) is 5.73 Å². The Morgan fingerprint density at radius 3 is 2.64 bits per heavy atom. The number of benzene rings is 1. The molecular weight excluding hydrogens is 180 g/mol. The van der Waals surface area contributed by atoms with E-state index in [1.54, 1.807) is 0 Å². The number of hydrogen-bond donors (Lipinski definition) is 2. The summed E-state index contributed by atoms with van der Waals surface area (Å²) in [5.41, 5.74) is 4.65. The molecule has 0 fully saturated rings. The maximum atomic E-state index is 10.3. The molecule has 0 saturated carbocycles. The second-order valence-electron chi connectivity index (χ2n) is 3.23. The fourth-order valence-electron chi connectivity index (χ4n) is 1.16. The van der Waals surface area contributed by atoms with Crippen molar-refractivity contribution in [2.75, 3.05) is 6.54 Å². The van der Waals surface area contributed by atoms with E-state index in [1.807, 2.05) is 35.6 Å². The van der Waals surface area contributed by atoms with Crippen LogP contribution in [0.1, 0.15) is 5.56 Å². The van der Waals surface area contributed by atoms with Crippen LogP contribution in [0, 0.1) is 0 Å². The Morgan fingerprint density at radius 1 is 1.43 bits per heavy atom. The quantitative estimate of drug-likeness (QED) is 0.528. The number of carboxylic acids is 1. The fraction of sp³-hybridized carbons (Fsp3) is 0.300. The highest BCUT2D eigenvalue weighted by molar-refractivity contribution is 5.69. The van der Waals surface area contributed by atoms with E-state index in [0.717, 1.165) is 6.54 Å². The summed E-state index contributed by atoms with van der Waals surface area (Å²) in [4.78, 5) is 10.3. The molecule has 0 amide bonds. The minimum Gasteiger partial charge on any atom is -0.544 e. The van der Waals surface area contributed by atoms with Gasteiger partial charge in [-0.2, -0.15) is 0 Å². The molecule has 0 radical (unpaired) electrons. The molecule has 0 bridgehead atoms. The van der Waals surface area contributed by atoms with Gasteiger partial charge in [-0.25, -0.2) is 0 Å². The topological polar surface area (TPSA) is 84.4 Å². The summed E-state index contributed by atoms with van der Waals surface area (Å²) < 4.78 is 0. The lowest BCUT2D eigenvalue weighted by Crippen LogP contribution is -2.91. The van der Waals surface area contributed by atoms with E-state index in [9.17, 15) is 9.90 Å². The molecule has 0 aliphatic carbocycles. The number of nitrogens with two attached hydrogens (primary N) is 1. The lowest BCUT2D eigenvalue weighted by Gasteiger charge is -2.07. The molecule has 0 aliphatic rings. The third-order valence-corrected chi connectivity index (χ3v) is 2.01. The second kappa shape index (κ2) is 5.36. The van der Waals surface area contributed by atoms with Gasteiger partial charge in [0.25, 0.3) is 0 Å². The van der Waals surface area contributed by atoms with Crippen LogP contribution in [-0.4, -0.2) is 18.6 Å². The Hall–Kier alpha value is -1.39. The molecule has 0 saturated heterocycles. The first-order valence-corrected chi connectivity index (χ1v) is 4.59. The minimum absolute atomic E-state index is 0.456. The third-order valence-electron chi connectivity index (χ3n) is 2.01. The Morgan fingerprint density at radius 2 is 2.07 bits per heavy atom. The number of aliphatic carboxylic acids is 1. The number of hydrogen-bond acceptors (Lipinski definition) is 2. The summed E-state index contributed by atoms with van der Waals surface area (Å²) in [5, 5.41) is 12.3. The standard InChI is InChI=1S/C10H14N2O2/c11-9(10(13)14)7-12-6-8-4-2-1-3-5-8/h1-5,9,12H,6-7,11H2,(H,13,14)/p+1/t9-/m0/s1. The lowest BCUT2D eigenvalue weighted by atomic mass is 10.2. The van der Waals surface area contributed by atoms with Crippen molar-refractivity contribution in [3.8, 4) is 0 Å². The molecule has 0 heterocycles. The summed E-state index contributed by atoms with van der Waals surface area (Å²) in [5.74, 6) is -1.09. The van der Waals surface area contributed by atoms with E-state index in [4.69, 9.17) is 0 Å². The molecule has 14 heavy (non-hydrogen) atoms. The summed E-state index contributed by atoms with van der Waals surface area (Å²) in [6.45, 7) is 1.23. The van der Waals surface area contributed by atoms with Crippen LogP contribution in [0.2, 0.25) is 0 Å². The molecule has 76 valence electrons. The van der Waals surface area contributed by atoms with E-state index in [-0.39, 0.29) is 0 Å². The van der Waals surface area contributed by atoms with Gasteiger partial charge >= 0.3 is 0 Å². The lowest BCUT2D eigenvalue weighted by molar-refractivity contribution is -0.692. The summed E-state index contributed by atoms with van der Waals surface area (Å²) in [6.07, 6.45) is 0. The van der Waals surface area contributed by atoms with Gasteiger partial charge in [-0.05, 0) is 0 Å². The molecule has 1 aromatic rings. The van der Waals surface area contributed by atoms with Gasteiger partial charge in [-0.15, -0.1) is 0 Å². The van der Waals surface area contributed by atoms with Crippen LogP contribution in [-0.2, 0) is 11.3 Å². The van der Waals surface area contributed by atoms with Crippen LogP contribution in [0.15, 0.2) is 30.3 Å². The van der Waals surface area contributed by atoms with Crippen molar-refractivity contribution < 1.29 is 21.0 Å². The molecule has 0 aromatic heterocycles. The molecule has 0 aliphatic heterocycles. The van der Waals surface area contributed by atoms with Gasteiger partial charge in [0.2, 0.25) is 0 Å². The van der Waals surface area contributed by atoms with E-state index < -0.39 is 12.0 Å². The molecule has 1 atom stereocenters. The monoisotopic (exact) mass is 195 g/mol. The van der Waals surface area contributed by atoms with Crippen LogP contribution in [0.4, 0.5) is 0 Å². The van der Waals surface area contributed by atoms with E-state index >= 15 is 0 Å². The first-order valence-electron chi connectivity index (χ1n) is 4.59. The Bertz CT molecular complexity index is 287. The zero-order valence-electron chi connectivity index (χ0n) is 7.98. The second-order valence-corrected chi connectivity index (χ2v) is 3.23. The van der Waals surface area contributed by atoms with Crippen molar-refractivity contribution in [2.24, 2.45) is 0 Å². The third kappa shape index (κ3) is 3.55. The predicted molar refractivity (Wildman–Crippen MR) is 48.6 cm³/mol. The van der Waals surface area contributed by atoms with Gasteiger partial charge in [0.15, 0.2) is 6.04 Å². The van der Waals surface area contributed by atoms with E-state index in [1.165, 1.54) is 5.56 Å². The number of carbonyl (C=O) groups excluding carboxylic acids is 1. The van der Waals surface area contributed by atoms with Crippen molar-refractivity contribution in [2.45, 2.75) is 12.6 Å². The molecule has 1 aromatic carbocycles. The zero-order chi connectivity index (χ0) is 10.4. The normalized spacial score (nSPS) is 12.4. The minimum atomic E-state index is -1.09. The average molecular weight is 195 g/mol. The van der Waals surface area contributed by atoms with Crippen molar-refractivity contribution in [3.05, 3.63) is 35.9 Å². The Kier molecular flexibility index (Phi) is 4.10. The molecule has 5 N–H and O–H groups in total. The highest BCUT2D eigenvalue weighted by atomic mass is 16.4. The fourth-order valence-corrected chi connectivity index (χ4v) is 1.16. The summed E-state index contributed by atoms with van der Waals surface area (Å²) in [6, 6.07) is 9.25. The van der Waals surface area contributed by atoms with Crippen LogP contribution in [0.25, 0.3) is 0 Å². The zero-order valence-corrected chi connectivity index (χ0v) is 7.98. The highest BCUT2D eigenvalue weighted by Crippen LogP contribution is 1.94. The van der Waals surface area contributed by atoms with Crippen molar-refractivity contribution in [3.63, 3.8) is 0 Å². The largest absolute Gasteiger partial charge is 0.544 e. The predicted octanol–water partition coefficient (Wildman–Crippen LogP) is -2.89. The molecule has 4 nitrogen and oxygen atoms in total. The number of carbonyl (C=O) groups is 1. The first kappa shape index (κ1) is 10.7. The smallest absolute Gasteiger partial charge is 0.174 e. The Balaban J connectivity index is 2.26. The molecule has 4 heteroatoms. The summed E-state index contributed by atoms with van der Waals surface area (Å²) >= 11 is 0. The molecule has 1 rings (SSSR count). The van der Waals surface area contributed by atoms with Crippen LogP contribution in [0.3, 0.4) is 0 Å². The van der Waals surface area contributed by atoms with Crippen molar-refractivity contribution in [1.29, 1.82) is 0 Å².